The van der Waals surface area contributed by atoms with Gasteiger partial charge in [0.25, 0.3) is 0 Å². The number of nitro benzene ring substituents is 1. The molecule has 21 heavy (non-hydrogen) atoms. The lowest BCUT2D eigenvalue weighted by molar-refractivity contribution is -0.384. The van der Waals surface area contributed by atoms with Crippen molar-refractivity contribution in [2.75, 3.05) is 31.6 Å². The van der Waals surface area contributed by atoms with Gasteiger partial charge in [0.05, 0.1) is 4.92 Å². The number of nitrogens with zero attached hydrogens (tertiary/aromatic N) is 3. The molecule has 1 aliphatic rings. The molecule has 0 spiro atoms. The Kier molecular flexibility index (Phi) is 5.12. The Labute approximate surface area is 124 Å². The lowest BCUT2D eigenvalue weighted by Crippen LogP contribution is -2.35. The van der Waals surface area contributed by atoms with Crippen molar-refractivity contribution in [2.45, 2.75) is 19.3 Å². The molecule has 0 bridgehead atoms. The van der Waals surface area contributed by atoms with Crippen LogP contribution in [0.2, 0.25) is 0 Å². The summed E-state index contributed by atoms with van der Waals surface area (Å²) in [5.41, 5.74) is 0.648. The van der Waals surface area contributed by atoms with Gasteiger partial charge in [-0.1, -0.05) is 6.07 Å². The fourth-order valence-electron chi connectivity index (χ4n) is 2.88. The minimum absolute atomic E-state index is 0.0614. The van der Waals surface area contributed by atoms with Crippen LogP contribution in [-0.4, -0.2) is 31.6 Å². The molecular weight excluding hydrogens is 268 g/mol. The van der Waals surface area contributed by atoms with Crippen LogP contribution in [0.5, 0.6) is 0 Å². The summed E-state index contributed by atoms with van der Waals surface area (Å²) in [6.45, 7) is 2.63. The number of rotatable bonds is 5. The average molecular weight is 288 g/mol. The number of piperidine rings is 1. The van der Waals surface area contributed by atoms with Crippen LogP contribution in [0.1, 0.15) is 24.8 Å². The van der Waals surface area contributed by atoms with E-state index in [1.54, 1.807) is 12.1 Å². The molecule has 0 aliphatic carbocycles. The molecule has 0 radical (unpaired) electrons. The molecule has 112 valence electrons. The Morgan fingerprint density at radius 1 is 1.48 bits per heavy atom. The van der Waals surface area contributed by atoms with Crippen LogP contribution in [0, 0.1) is 27.4 Å². The predicted octanol–water partition coefficient (Wildman–Crippen LogP) is 2.29. The van der Waals surface area contributed by atoms with Gasteiger partial charge in [-0.2, -0.15) is 5.26 Å². The van der Waals surface area contributed by atoms with Crippen LogP contribution >= 0.6 is 0 Å². The lowest BCUT2D eigenvalue weighted by Gasteiger charge is -2.33. The summed E-state index contributed by atoms with van der Waals surface area (Å²) in [6.07, 6.45) is 3.22. The summed E-state index contributed by atoms with van der Waals surface area (Å²) in [4.78, 5) is 12.9. The summed E-state index contributed by atoms with van der Waals surface area (Å²) in [7, 11) is 1.95. The number of nitriles is 1. The number of nitro groups is 1. The van der Waals surface area contributed by atoms with Gasteiger partial charge in [0.1, 0.15) is 17.3 Å². The average Bonchev–Trinajstić information content (AvgIpc) is 2.52. The second-order valence-electron chi connectivity index (χ2n) is 5.36. The number of anilines is 1. The molecule has 2 rings (SSSR count). The number of hydrogen-bond donors (Lipinski definition) is 1. The molecule has 0 saturated carbocycles. The fourth-order valence-corrected chi connectivity index (χ4v) is 2.88. The first-order valence-electron chi connectivity index (χ1n) is 7.24. The number of hydrogen-bond acceptors (Lipinski definition) is 5. The molecule has 0 amide bonds. The van der Waals surface area contributed by atoms with E-state index in [2.05, 4.69) is 5.32 Å². The van der Waals surface area contributed by atoms with Gasteiger partial charge in [-0.05, 0) is 50.9 Å². The minimum Gasteiger partial charge on any atom is -0.366 e. The molecule has 1 N–H and O–H groups in total. The molecule has 1 fully saturated rings. The molecule has 6 heteroatoms. The summed E-state index contributed by atoms with van der Waals surface area (Å²) in [5, 5.41) is 23.5. The van der Waals surface area contributed by atoms with Crippen molar-refractivity contribution >= 4 is 11.4 Å². The lowest BCUT2D eigenvalue weighted by atomic mass is 9.93. The topological polar surface area (TPSA) is 82.2 Å². The summed E-state index contributed by atoms with van der Waals surface area (Å²) in [5.74, 6) is 0.673. The third-order valence-corrected chi connectivity index (χ3v) is 4.08. The third kappa shape index (κ3) is 3.50. The van der Waals surface area contributed by atoms with Gasteiger partial charge in [0.15, 0.2) is 0 Å². The Balaban J connectivity index is 2.14. The molecule has 0 aromatic heterocycles. The Hall–Kier alpha value is -2.13. The van der Waals surface area contributed by atoms with E-state index >= 15 is 0 Å². The largest absolute Gasteiger partial charge is 0.366 e. The van der Waals surface area contributed by atoms with Crippen LogP contribution in [0.25, 0.3) is 0 Å². The SMILES string of the molecule is CNCCC1CCN(c2cccc(C#N)c2[N+](=O)[O-])CC1. The van der Waals surface area contributed by atoms with Crippen LogP contribution < -0.4 is 10.2 Å². The van der Waals surface area contributed by atoms with E-state index in [9.17, 15) is 10.1 Å². The zero-order valence-electron chi connectivity index (χ0n) is 12.2. The van der Waals surface area contributed by atoms with Crippen molar-refractivity contribution in [3.63, 3.8) is 0 Å². The quantitative estimate of drug-likeness (QED) is 0.664. The normalized spacial score (nSPS) is 15.7. The van der Waals surface area contributed by atoms with Crippen LogP contribution in [0.4, 0.5) is 11.4 Å². The highest BCUT2D eigenvalue weighted by Crippen LogP contribution is 2.34. The van der Waals surface area contributed by atoms with E-state index in [1.165, 1.54) is 6.07 Å². The summed E-state index contributed by atoms with van der Waals surface area (Å²) >= 11 is 0. The standard InChI is InChI=1S/C15H20N4O2/c1-17-8-5-12-6-9-18(10-7-12)14-4-2-3-13(11-16)15(14)19(20)21/h2-4,12,17H,5-10H2,1H3. The van der Waals surface area contributed by atoms with Crippen LogP contribution in [-0.2, 0) is 0 Å². The van der Waals surface area contributed by atoms with Gasteiger partial charge in [0, 0.05) is 13.1 Å². The number of benzene rings is 1. The van der Waals surface area contributed by atoms with E-state index in [1.807, 2.05) is 18.0 Å². The van der Waals surface area contributed by atoms with E-state index in [0.29, 0.717) is 11.6 Å². The number of nitrogens with one attached hydrogen (secondary N) is 1. The van der Waals surface area contributed by atoms with E-state index in [4.69, 9.17) is 5.26 Å². The van der Waals surface area contributed by atoms with Gasteiger partial charge in [0.2, 0.25) is 0 Å². The highest BCUT2D eigenvalue weighted by atomic mass is 16.6. The van der Waals surface area contributed by atoms with Crippen molar-refractivity contribution in [1.82, 2.24) is 5.32 Å². The van der Waals surface area contributed by atoms with Gasteiger partial charge in [-0.3, -0.25) is 10.1 Å². The molecule has 0 unspecified atom stereocenters. The molecular formula is C15H20N4O2. The van der Waals surface area contributed by atoms with Crippen molar-refractivity contribution < 1.29 is 4.92 Å². The molecule has 1 saturated heterocycles. The first-order valence-corrected chi connectivity index (χ1v) is 7.24. The van der Waals surface area contributed by atoms with E-state index in [-0.39, 0.29) is 11.3 Å². The summed E-state index contributed by atoms with van der Waals surface area (Å²) < 4.78 is 0. The van der Waals surface area contributed by atoms with Crippen LogP contribution in [0.3, 0.4) is 0 Å². The number of para-hydroxylation sites is 1. The van der Waals surface area contributed by atoms with Gasteiger partial charge in [-0.25, -0.2) is 0 Å². The second-order valence-corrected chi connectivity index (χ2v) is 5.36. The molecule has 1 aromatic rings. The zero-order chi connectivity index (χ0) is 15.2. The zero-order valence-corrected chi connectivity index (χ0v) is 12.2. The van der Waals surface area contributed by atoms with Crippen molar-refractivity contribution in [2.24, 2.45) is 5.92 Å². The highest BCUT2D eigenvalue weighted by molar-refractivity contribution is 5.69. The first kappa shape index (κ1) is 15.3. The van der Waals surface area contributed by atoms with E-state index in [0.717, 1.165) is 38.9 Å². The van der Waals surface area contributed by atoms with Crippen LogP contribution in [0.15, 0.2) is 18.2 Å². The maximum absolute atomic E-state index is 11.3. The highest BCUT2D eigenvalue weighted by Gasteiger charge is 2.27. The first-order chi connectivity index (χ1) is 10.2. The van der Waals surface area contributed by atoms with Gasteiger partial charge in [-0.15, -0.1) is 0 Å². The molecule has 1 aromatic carbocycles. The minimum atomic E-state index is -0.443. The van der Waals surface area contributed by atoms with Crippen molar-refractivity contribution in [1.29, 1.82) is 5.26 Å². The Morgan fingerprint density at radius 2 is 2.19 bits per heavy atom. The smallest absolute Gasteiger partial charge is 0.310 e. The van der Waals surface area contributed by atoms with E-state index < -0.39 is 4.92 Å². The van der Waals surface area contributed by atoms with Gasteiger partial charge < -0.3 is 10.2 Å². The predicted molar refractivity (Wildman–Crippen MR) is 81.3 cm³/mol. The molecule has 1 heterocycles. The molecule has 1 aliphatic heterocycles. The summed E-state index contributed by atoms with van der Waals surface area (Å²) in [6, 6.07) is 6.88. The fraction of sp³-hybridized carbons (Fsp3) is 0.533. The van der Waals surface area contributed by atoms with Crippen molar-refractivity contribution in [3.05, 3.63) is 33.9 Å². The third-order valence-electron chi connectivity index (χ3n) is 4.08. The maximum atomic E-state index is 11.3. The molecule has 6 nitrogen and oxygen atoms in total. The maximum Gasteiger partial charge on any atom is 0.310 e. The second kappa shape index (κ2) is 7.04. The van der Waals surface area contributed by atoms with Crippen molar-refractivity contribution in [3.8, 4) is 6.07 Å². The Morgan fingerprint density at radius 3 is 2.76 bits per heavy atom. The monoisotopic (exact) mass is 288 g/mol. The Bertz CT molecular complexity index is 545. The molecule has 0 atom stereocenters. The van der Waals surface area contributed by atoms with Gasteiger partial charge >= 0.3 is 5.69 Å².